The van der Waals surface area contributed by atoms with Crippen LogP contribution in [0.25, 0.3) is 0 Å². The topological polar surface area (TPSA) is 64.1 Å². The number of rotatable bonds is 3. The number of nitrogens with zero attached hydrogens (tertiary/aromatic N) is 1. The highest BCUT2D eigenvalue weighted by Crippen LogP contribution is 2.00. The molecule has 4 nitrogen and oxygen atoms in total. The minimum Gasteiger partial charge on any atom is -0.298 e. The molecule has 1 aromatic rings. The van der Waals surface area contributed by atoms with Gasteiger partial charge < -0.3 is 0 Å². The first-order chi connectivity index (χ1) is 5.80. The lowest BCUT2D eigenvalue weighted by Crippen LogP contribution is -1.95. The Morgan fingerprint density at radius 3 is 1.75 bits per heavy atom. The molecule has 1 rings (SSSR count). The molecule has 0 aliphatic rings. The predicted molar refractivity (Wildman–Crippen MR) is 40.4 cm³/mol. The maximum absolute atomic E-state index is 10.3. The van der Waals surface area contributed by atoms with E-state index in [0.717, 1.165) is 0 Å². The van der Waals surface area contributed by atoms with Crippen LogP contribution in [-0.4, -0.2) is 23.8 Å². The third-order valence-corrected chi connectivity index (χ3v) is 1.26. The number of carbonyl (C=O) groups excluding carboxylic acids is 3. The molecule has 0 saturated heterocycles. The van der Waals surface area contributed by atoms with Crippen LogP contribution < -0.4 is 0 Å². The Morgan fingerprint density at radius 2 is 1.42 bits per heavy atom. The molecular formula is C8H5NO3. The van der Waals surface area contributed by atoms with Crippen LogP contribution in [-0.2, 0) is 0 Å². The molecule has 0 aromatic carbocycles. The predicted octanol–water partition coefficient (Wildman–Crippen LogP) is 0.519. The average molecular weight is 163 g/mol. The van der Waals surface area contributed by atoms with Crippen LogP contribution in [0.3, 0.4) is 0 Å². The zero-order valence-electron chi connectivity index (χ0n) is 6.06. The van der Waals surface area contributed by atoms with E-state index in [1.54, 1.807) is 0 Å². The summed E-state index contributed by atoms with van der Waals surface area (Å²) in [4.78, 5) is 34.4. The summed E-state index contributed by atoms with van der Waals surface area (Å²) in [6.45, 7) is 0. The van der Waals surface area contributed by atoms with Crippen LogP contribution in [0.1, 0.15) is 31.3 Å². The van der Waals surface area contributed by atoms with Gasteiger partial charge in [-0.05, 0) is 12.1 Å². The molecule has 0 N–H and O–H groups in total. The monoisotopic (exact) mass is 163 g/mol. The highest BCUT2D eigenvalue weighted by Gasteiger charge is 1.99. The van der Waals surface area contributed by atoms with Gasteiger partial charge in [-0.15, -0.1) is 0 Å². The lowest BCUT2D eigenvalue weighted by atomic mass is 10.2. The van der Waals surface area contributed by atoms with Crippen molar-refractivity contribution in [2.75, 3.05) is 0 Å². The molecule has 0 bridgehead atoms. The molecule has 0 aliphatic heterocycles. The summed E-state index contributed by atoms with van der Waals surface area (Å²) in [6.07, 6.45) is 1.53. The van der Waals surface area contributed by atoms with Gasteiger partial charge in [0.05, 0.1) is 0 Å². The van der Waals surface area contributed by atoms with Crippen LogP contribution in [0.15, 0.2) is 12.1 Å². The van der Waals surface area contributed by atoms with Gasteiger partial charge in [-0.1, -0.05) is 0 Å². The SMILES string of the molecule is O=Cc1cc(C=O)nc(C=O)c1. The Bertz CT molecular complexity index is 268. The third kappa shape index (κ3) is 1.60. The Balaban J connectivity index is 3.26. The third-order valence-electron chi connectivity index (χ3n) is 1.26. The van der Waals surface area contributed by atoms with E-state index in [-0.39, 0.29) is 17.0 Å². The minimum absolute atomic E-state index is 0.0849. The van der Waals surface area contributed by atoms with E-state index in [2.05, 4.69) is 4.98 Å². The lowest BCUT2D eigenvalue weighted by molar-refractivity contribution is 0.111. The Labute approximate surface area is 68.2 Å². The summed E-state index contributed by atoms with van der Waals surface area (Å²) in [5.41, 5.74) is 0.442. The van der Waals surface area contributed by atoms with Crippen LogP contribution >= 0.6 is 0 Å². The second kappa shape index (κ2) is 3.52. The summed E-state index contributed by atoms with van der Waals surface area (Å²) >= 11 is 0. The van der Waals surface area contributed by atoms with Gasteiger partial charge in [-0.2, -0.15) is 0 Å². The zero-order valence-corrected chi connectivity index (χ0v) is 6.06. The van der Waals surface area contributed by atoms with E-state index in [0.29, 0.717) is 18.9 Å². The first kappa shape index (κ1) is 8.26. The molecule has 1 aromatic heterocycles. The minimum atomic E-state index is 0.0849. The Kier molecular flexibility index (Phi) is 2.42. The second-order valence-corrected chi connectivity index (χ2v) is 2.10. The molecule has 12 heavy (non-hydrogen) atoms. The van der Waals surface area contributed by atoms with Crippen molar-refractivity contribution in [2.45, 2.75) is 0 Å². The zero-order chi connectivity index (χ0) is 8.97. The van der Waals surface area contributed by atoms with Gasteiger partial charge in [-0.3, -0.25) is 14.4 Å². The first-order valence-corrected chi connectivity index (χ1v) is 3.18. The number of hydrogen-bond acceptors (Lipinski definition) is 4. The second-order valence-electron chi connectivity index (χ2n) is 2.10. The van der Waals surface area contributed by atoms with Gasteiger partial charge in [0.1, 0.15) is 17.7 Å². The molecule has 1 heterocycles. The summed E-state index contributed by atoms with van der Waals surface area (Å²) < 4.78 is 0. The molecule has 0 saturated carbocycles. The van der Waals surface area contributed by atoms with Gasteiger partial charge in [-0.25, -0.2) is 4.98 Å². The van der Waals surface area contributed by atoms with Gasteiger partial charge >= 0.3 is 0 Å². The Morgan fingerprint density at radius 1 is 0.917 bits per heavy atom. The molecule has 0 fully saturated rings. The van der Waals surface area contributed by atoms with E-state index in [9.17, 15) is 14.4 Å². The van der Waals surface area contributed by atoms with Crippen molar-refractivity contribution in [3.8, 4) is 0 Å². The number of aldehydes is 3. The van der Waals surface area contributed by atoms with Gasteiger partial charge in [0, 0.05) is 5.56 Å². The average Bonchev–Trinajstić information content (AvgIpc) is 2.16. The van der Waals surface area contributed by atoms with Gasteiger partial charge in [0.2, 0.25) is 0 Å². The maximum atomic E-state index is 10.3. The molecule has 0 spiro atoms. The van der Waals surface area contributed by atoms with E-state index in [4.69, 9.17) is 0 Å². The van der Waals surface area contributed by atoms with Crippen molar-refractivity contribution in [3.63, 3.8) is 0 Å². The largest absolute Gasteiger partial charge is 0.298 e. The number of aromatic nitrogens is 1. The molecule has 0 aliphatic carbocycles. The van der Waals surface area contributed by atoms with Gasteiger partial charge in [0.25, 0.3) is 0 Å². The van der Waals surface area contributed by atoms with Crippen LogP contribution in [0, 0.1) is 0 Å². The molecule has 60 valence electrons. The molecule has 0 radical (unpaired) electrons. The molecule has 0 amide bonds. The van der Waals surface area contributed by atoms with Crippen LogP contribution in [0.4, 0.5) is 0 Å². The number of carbonyl (C=O) groups is 3. The smallest absolute Gasteiger partial charge is 0.168 e. The highest BCUT2D eigenvalue weighted by molar-refractivity contribution is 5.84. The fourth-order valence-electron chi connectivity index (χ4n) is 0.786. The molecule has 0 unspecified atom stereocenters. The first-order valence-electron chi connectivity index (χ1n) is 3.18. The van der Waals surface area contributed by atoms with E-state index in [1.165, 1.54) is 12.1 Å². The van der Waals surface area contributed by atoms with Crippen molar-refractivity contribution in [1.82, 2.24) is 4.98 Å². The lowest BCUT2D eigenvalue weighted by Gasteiger charge is -1.93. The normalized spacial score (nSPS) is 9.00. The summed E-state index contributed by atoms with van der Waals surface area (Å²) in [6, 6.07) is 2.62. The van der Waals surface area contributed by atoms with Crippen molar-refractivity contribution < 1.29 is 14.4 Å². The standard InChI is InChI=1S/C8H5NO3/c10-3-6-1-7(4-11)9-8(2-6)5-12/h1-5H. The fraction of sp³-hybridized carbons (Fsp3) is 0. The van der Waals surface area contributed by atoms with Crippen molar-refractivity contribution in [1.29, 1.82) is 0 Å². The van der Waals surface area contributed by atoms with Crippen LogP contribution in [0.5, 0.6) is 0 Å². The summed E-state index contributed by atoms with van der Waals surface area (Å²) in [5, 5.41) is 0. The fourth-order valence-corrected chi connectivity index (χ4v) is 0.786. The highest BCUT2D eigenvalue weighted by atomic mass is 16.1. The molecular weight excluding hydrogens is 158 g/mol. The van der Waals surface area contributed by atoms with E-state index >= 15 is 0 Å². The van der Waals surface area contributed by atoms with Crippen molar-refractivity contribution in [2.24, 2.45) is 0 Å². The van der Waals surface area contributed by atoms with E-state index < -0.39 is 0 Å². The Hall–Kier alpha value is -1.84. The van der Waals surface area contributed by atoms with Crippen molar-refractivity contribution >= 4 is 18.9 Å². The maximum Gasteiger partial charge on any atom is 0.168 e. The van der Waals surface area contributed by atoms with Crippen LogP contribution in [0.2, 0.25) is 0 Å². The van der Waals surface area contributed by atoms with Crippen molar-refractivity contribution in [3.05, 3.63) is 29.1 Å². The number of hydrogen-bond donors (Lipinski definition) is 0. The van der Waals surface area contributed by atoms with E-state index in [1.807, 2.05) is 0 Å². The summed E-state index contributed by atoms with van der Waals surface area (Å²) in [7, 11) is 0. The summed E-state index contributed by atoms with van der Waals surface area (Å²) in [5.74, 6) is 0. The quantitative estimate of drug-likeness (QED) is 0.609. The molecule has 4 heteroatoms. The van der Waals surface area contributed by atoms with Gasteiger partial charge in [0.15, 0.2) is 12.6 Å². The number of pyridine rings is 1. The molecule has 0 atom stereocenters.